The van der Waals surface area contributed by atoms with Gasteiger partial charge in [-0.2, -0.15) is 11.8 Å². The van der Waals surface area contributed by atoms with Gasteiger partial charge in [0.1, 0.15) is 0 Å². The van der Waals surface area contributed by atoms with Crippen molar-refractivity contribution in [3.8, 4) is 0 Å². The van der Waals surface area contributed by atoms with E-state index in [1.54, 1.807) is 18.0 Å². The van der Waals surface area contributed by atoms with Crippen LogP contribution in [0.2, 0.25) is 0 Å². The zero-order valence-electron chi connectivity index (χ0n) is 11.4. The molecule has 1 heterocycles. The van der Waals surface area contributed by atoms with Crippen molar-refractivity contribution in [2.24, 2.45) is 0 Å². The summed E-state index contributed by atoms with van der Waals surface area (Å²) < 4.78 is 0. The maximum absolute atomic E-state index is 12.2. The minimum absolute atomic E-state index is 0.238. The lowest BCUT2D eigenvalue weighted by Gasteiger charge is -2.28. The standard InChI is InChI=1S/C14H22N2OS/c1-4-12(2)16(14(17)7-9-18-3)11-13-6-5-8-15-10-13/h5-6,8,10,12H,4,7,9,11H2,1-3H3/t12-/m0/s1. The Labute approximate surface area is 114 Å². The molecule has 0 saturated carbocycles. The Morgan fingerprint density at radius 1 is 1.56 bits per heavy atom. The van der Waals surface area contributed by atoms with Crippen LogP contribution in [0.3, 0.4) is 0 Å². The molecule has 0 aliphatic rings. The van der Waals surface area contributed by atoms with E-state index in [2.05, 4.69) is 18.8 Å². The highest BCUT2D eigenvalue weighted by molar-refractivity contribution is 7.98. The summed E-state index contributed by atoms with van der Waals surface area (Å²) >= 11 is 1.71. The molecule has 0 aliphatic carbocycles. The van der Waals surface area contributed by atoms with Crippen molar-refractivity contribution in [3.05, 3.63) is 30.1 Å². The number of thioether (sulfide) groups is 1. The zero-order valence-corrected chi connectivity index (χ0v) is 12.2. The van der Waals surface area contributed by atoms with Crippen LogP contribution in [0.5, 0.6) is 0 Å². The normalized spacial score (nSPS) is 12.2. The molecule has 18 heavy (non-hydrogen) atoms. The van der Waals surface area contributed by atoms with Gasteiger partial charge >= 0.3 is 0 Å². The molecule has 1 aromatic rings. The Morgan fingerprint density at radius 3 is 2.89 bits per heavy atom. The molecule has 0 spiro atoms. The second kappa shape index (κ2) is 8.14. The highest BCUT2D eigenvalue weighted by Crippen LogP contribution is 2.12. The Morgan fingerprint density at radius 2 is 2.33 bits per heavy atom. The van der Waals surface area contributed by atoms with Crippen LogP contribution in [0, 0.1) is 0 Å². The van der Waals surface area contributed by atoms with Gasteiger partial charge in [-0.25, -0.2) is 0 Å². The van der Waals surface area contributed by atoms with E-state index >= 15 is 0 Å². The summed E-state index contributed by atoms with van der Waals surface area (Å²) in [5, 5.41) is 0. The lowest BCUT2D eigenvalue weighted by molar-refractivity contribution is -0.133. The van der Waals surface area contributed by atoms with E-state index in [0.29, 0.717) is 13.0 Å². The average molecular weight is 266 g/mol. The molecule has 4 heteroatoms. The quantitative estimate of drug-likeness (QED) is 0.760. The van der Waals surface area contributed by atoms with Gasteiger partial charge in [0, 0.05) is 37.2 Å². The molecular formula is C14H22N2OS. The molecule has 0 radical (unpaired) electrons. The molecule has 1 rings (SSSR count). The number of pyridine rings is 1. The third kappa shape index (κ3) is 4.69. The summed E-state index contributed by atoms with van der Waals surface area (Å²) in [6, 6.07) is 4.21. The van der Waals surface area contributed by atoms with Gasteiger partial charge in [0.15, 0.2) is 0 Å². The van der Waals surface area contributed by atoms with Crippen LogP contribution in [0.25, 0.3) is 0 Å². The maximum Gasteiger partial charge on any atom is 0.223 e. The Hall–Kier alpha value is -1.03. The van der Waals surface area contributed by atoms with E-state index in [0.717, 1.165) is 17.7 Å². The van der Waals surface area contributed by atoms with Gasteiger partial charge in [-0.05, 0) is 31.2 Å². The van der Waals surface area contributed by atoms with Crippen LogP contribution in [-0.2, 0) is 11.3 Å². The fourth-order valence-corrected chi connectivity index (χ4v) is 2.11. The predicted molar refractivity (Wildman–Crippen MR) is 77.5 cm³/mol. The largest absolute Gasteiger partial charge is 0.336 e. The van der Waals surface area contributed by atoms with Crippen molar-refractivity contribution in [3.63, 3.8) is 0 Å². The zero-order chi connectivity index (χ0) is 13.4. The van der Waals surface area contributed by atoms with Crippen molar-refractivity contribution in [2.45, 2.75) is 39.3 Å². The highest BCUT2D eigenvalue weighted by Gasteiger charge is 2.18. The molecule has 3 nitrogen and oxygen atoms in total. The number of nitrogens with zero attached hydrogens (tertiary/aromatic N) is 2. The summed E-state index contributed by atoms with van der Waals surface area (Å²) in [6.45, 7) is 4.88. The summed E-state index contributed by atoms with van der Waals surface area (Å²) in [7, 11) is 0. The van der Waals surface area contributed by atoms with Crippen molar-refractivity contribution < 1.29 is 4.79 Å². The van der Waals surface area contributed by atoms with Gasteiger partial charge in [0.25, 0.3) is 0 Å². The molecule has 0 fully saturated rings. The Kier molecular flexibility index (Phi) is 6.80. The summed E-state index contributed by atoms with van der Waals surface area (Å²) in [5.41, 5.74) is 1.09. The first-order valence-electron chi connectivity index (χ1n) is 6.36. The number of aromatic nitrogens is 1. The smallest absolute Gasteiger partial charge is 0.223 e. The molecule has 1 amide bonds. The first-order chi connectivity index (χ1) is 8.69. The van der Waals surface area contributed by atoms with Crippen LogP contribution in [0.15, 0.2) is 24.5 Å². The topological polar surface area (TPSA) is 33.2 Å². The predicted octanol–water partition coefficient (Wildman–Crippen LogP) is 2.96. The number of hydrogen-bond acceptors (Lipinski definition) is 3. The molecule has 0 N–H and O–H groups in total. The molecule has 100 valence electrons. The number of carbonyl (C=O) groups is 1. The maximum atomic E-state index is 12.2. The Balaban J connectivity index is 2.69. The van der Waals surface area contributed by atoms with Gasteiger partial charge in [0.05, 0.1) is 0 Å². The van der Waals surface area contributed by atoms with Gasteiger partial charge in [0.2, 0.25) is 5.91 Å². The fraction of sp³-hybridized carbons (Fsp3) is 0.571. The third-order valence-electron chi connectivity index (χ3n) is 3.04. The number of carbonyl (C=O) groups excluding carboxylic acids is 1. The van der Waals surface area contributed by atoms with E-state index in [9.17, 15) is 4.79 Å². The van der Waals surface area contributed by atoms with E-state index in [1.165, 1.54) is 0 Å². The number of amides is 1. The van der Waals surface area contributed by atoms with Gasteiger partial charge in [-0.1, -0.05) is 13.0 Å². The van der Waals surface area contributed by atoms with E-state index in [1.807, 2.05) is 29.5 Å². The van der Waals surface area contributed by atoms with Crippen LogP contribution in [0.1, 0.15) is 32.3 Å². The minimum Gasteiger partial charge on any atom is -0.336 e. The average Bonchev–Trinajstić information content (AvgIpc) is 2.42. The Bertz CT molecular complexity index is 356. The lowest BCUT2D eigenvalue weighted by Crippen LogP contribution is -2.38. The fourth-order valence-electron chi connectivity index (χ4n) is 1.73. The van der Waals surface area contributed by atoms with Gasteiger partial charge in [-0.3, -0.25) is 9.78 Å². The van der Waals surface area contributed by atoms with E-state index < -0.39 is 0 Å². The van der Waals surface area contributed by atoms with Crippen molar-refractivity contribution >= 4 is 17.7 Å². The molecule has 1 aromatic heterocycles. The lowest BCUT2D eigenvalue weighted by atomic mass is 10.1. The third-order valence-corrected chi connectivity index (χ3v) is 3.65. The molecule has 0 bridgehead atoms. The van der Waals surface area contributed by atoms with Gasteiger partial charge < -0.3 is 4.90 Å². The first kappa shape index (κ1) is 15.0. The SMILES string of the molecule is CC[C@H](C)N(Cc1cccnc1)C(=O)CCSC. The first-order valence-corrected chi connectivity index (χ1v) is 7.75. The highest BCUT2D eigenvalue weighted by atomic mass is 32.2. The minimum atomic E-state index is 0.238. The van der Waals surface area contributed by atoms with Crippen molar-refractivity contribution in [1.82, 2.24) is 9.88 Å². The summed E-state index contributed by atoms with van der Waals surface area (Å²) in [4.78, 5) is 18.3. The second-order valence-corrected chi connectivity index (χ2v) is 5.37. The van der Waals surface area contributed by atoms with Crippen LogP contribution in [-0.4, -0.2) is 33.8 Å². The van der Waals surface area contributed by atoms with Gasteiger partial charge in [-0.15, -0.1) is 0 Å². The molecule has 0 unspecified atom stereocenters. The monoisotopic (exact) mass is 266 g/mol. The summed E-state index contributed by atoms with van der Waals surface area (Å²) in [5.74, 6) is 1.13. The van der Waals surface area contributed by atoms with Crippen molar-refractivity contribution in [1.29, 1.82) is 0 Å². The van der Waals surface area contributed by atoms with Crippen LogP contribution < -0.4 is 0 Å². The van der Waals surface area contributed by atoms with E-state index in [-0.39, 0.29) is 11.9 Å². The van der Waals surface area contributed by atoms with Crippen molar-refractivity contribution in [2.75, 3.05) is 12.0 Å². The molecule has 0 aromatic carbocycles. The molecular weight excluding hydrogens is 244 g/mol. The van der Waals surface area contributed by atoms with E-state index in [4.69, 9.17) is 0 Å². The summed E-state index contributed by atoms with van der Waals surface area (Å²) in [6.07, 6.45) is 7.21. The van der Waals surface area contributed by atoms with Crippen LogP contribution >= 0.6 is 11.8 Å². The number of hydrogen-bond donors (Lipinski definition) is 0. The van der Waals surface area contributed by atoms with Crippen LogP contribution in [0.4, 0.5) is 0 Å². The second-order valence-electron chi connectivity index (χ2n) is 4.38. The molecule has 0 aliphatic heterocycles. The molecule has 1 atom stereocenters. The number of rotatable bonds is 7. The molecule has 0 saturated heterocycles.